The predicted molar refractivity (Wildman–Crippen MR) is 64.0 cm³/mol. The van der Waals surface area contributed by atoms with Gasteiger partial charge >= 0.3 is 0 Å². The predicted octanol–water partition coefficient (Wildman–Crippen LogP) is 3.69. The van der Waals surface area contributed by atoms with E-state index in [4.69, 9.17) is 0 Å². The lowest BCUT2D eigenvalue weighted by atomic mass is 10.0. The van der Waals surface area contributed by atoms with Gasteiger partial charge in [0.2, 0.25) is 0 Å². The zero-order chi connectivity index (χ0) is 12.0. The van der Waals surface area contributed by atoms with Crippen LogP contribution in [-0.4, -0.2) is 5.78 Å². The number of ketones is 1. The molecule has 0 aliphatic carbocycles. The van der Waals surface area contributed by atoms with E-state index in [9.17, 15) is 9.18 Å². The van der Waals surface area contributed by atoms with Crippen molar-refractivity contribution >= 4 is 5.78 Å². The van der Waals surface area contributed by atoms with Gasteiger partial charge in [-0.3, -0.25) is 4.79 Å². The van der Waals surface area contributed by atoms with Gasteiger partial charge in [0.25, 0.3) is 0 Å². The molecule has 0 heterocycles. The van der Waals surface area contributed by atoms with Crippen LogP contribution in [0.5, 0.6) is 0 Å². The molecule has 0 atom stereocenters. The minimum absolute atomic E-state index is 0.0742. The van der Waals surface area contributed by atoms with Gasteiger partial charge in [-0.2, -0.15) is 0 Å². The molecule has 1 aromatic carbocycles. The molecule has 0 amide bonds. The molecule has 0 aliphatic rings. The highest BCUT2D eigenvalue weighted by molar-refractivity contribution is 5.78. The monoisotopic (exact) mass is 222 g/mol. The van der Waals surface area contributed by atoms with Crippen molar-refractivity contribution in [2.45, 2.75) is 46.0 Å². The second kappa shape index (κ2) is 6.41. The molecule has 1 aromatic rings. The van der Waals surface area contributed by atoms with Crippen LogP contribution in [0.1, 0.15) is 44.2 Å². The molecule has 0 N–H and O–H groups in total. The summed E-state index contributed by atoms with van der Waals surface area (Å²) in [5.74, 6) is -0.157. The Kier molecular flexibility index (Phi) is 5.17. The van der Waals surface area contributed by atoms with Gasteiger partial charge in [0.15, 0.2) is 0 Å². The second-order valence-electron chi connectivity index (χ2n) is 4.30. The number of Topliss-reactive ketones (excluding diaryl/α,β-unsaturated/α-hetero) is 1. The van der Waals surface area contributed by atoms with Crippen LogP contribution in [0.4, 0.5) is 4.39 Å². The first-order valence-corrected chi connectivity index (χ1v) is 5.89. The number of carbonyl (C=O) groups is 1. The lowest BCUT2D eigenvalue weighted by Crippen LogP contribution is -1.98. The molecule has 0 spiro atoms. The van der Waals surface area contributed by atoms with E-state index in [0.717, 1.165) is 30.4 Å². The van der Waals surface area contributed by atoms with E-state index < -0.39 is 0 Å². The van der Waals surface area contributed by atoms with Gasteiger partial charge in [0.05, 0.1) is 0 Å². The van der Waals surface area contributed by atoms with Gasteiger partial charge in [0, 0.05) is 6.42 Å². The molecular formula is C14H19FO. The normalized spacial score (nSPS) is 10.4. The highest BCUT2D eigenvalue weighted by Gasteiger charge is 2.03. The zero-order valence-corrected chi connectivity index (χ0v) is 10.1. The Morgan fingerprint density at radius 1 is 1.19 bits per heavy atom. The Morgan fingerprint density at radius 2 is 1.88 bits per heavy atom. The molecule has 0 saturated carbocycles. The quantitative estimate of drug-likeness (QED) is 0.671. The third-order valence-corrected chi connectivity index (χ3v) is 2.54. The molecular weight excluding hydrogens is 203 g/mol. The Labute approximate surface area is 96.7 Å². The third kappa shape index (κ3) is 4.56. The Balaban J connectivity index is 2.69. The fourth-order valence-corrected chi connectivity index (χ4v) is 1.83. The summed E-state index contributed by atoms with van der Waals surface area (Å²) >= 11 is 0. The smallest absolute Gasteiger partial charge is 0.134 e. The molecule has 0 unspecified atom stereocenters. The number of unbranched alkanes of at least 4 members (excludes halogenated alkanes) is 2. The summed E-state index contributed by atoms with van der Waals surface area (Å²) < 4.78 is 13.3. The molecule has 88 valence electrons. The van der Waals surface area contributed by atoms with Crippen LogP contribution in [0, 0.1) is 5.82 Å². The van der Waals surface area contributed by atoms with Gasteiger partial charge in [-0.25, -0.2) is 4.39 Å². The van der Waals surface area contributed by atoms with Gasteiger partial charge in [-0.05, 0) is 43.0 Å². The molecule has 0 radical (unpaired) electrons. The van der Waals surface area contributed by atoms with Gasteiger partial charge in [-0.15, -0.1) is 0 Å². The Morgan fingerprint density at radius 3 is 2.50 bits per heavy atom. The van der Waals surface area contributed by atoms with Crippen molar-refractivity contribution in [2.24, 2.45) is 0 Å². The maximum absolute atomic E-state index is 13.3. The van der Waals surface area contributed by atoms with Crippen LogP contribution in [-0.2, 0) is 17.6 Å². The van der Waals surface area contributed by atoms with Crippen LogP contribution in [0.3, 0.4) is 0 Å². The Bertz CT molecular complexity index is 358. The minimum Gasteiger partial charge on any atom is -0.300 e. The van der Waals surface area contributed by atoms with E-state index in [1.165, 1.54) is 19.4 Å². The van der Waals surface area contributed by atoms with Crippen LogP contribution in [0.2, 0.25) is 0 Å². The summed E-state index contributed by atoms with van der Waals surface area (Å²) in [4.78, 5) is 11.0. The van der Waals surface area contributed by atoms with Crippen LogP contribution in [0.25, 0.3) is 0 Å². The second-order valence-corrected chi connectivity index (χ2v) is 4.30. The number of rotatable bonds is 6. The van der Waals surface area contributed by atoms with E-state index in [-0.39, 0.29) is 11.6 Å². The SMILES string of the molecule is CCCCCc1cc(F)cc(CC(C)=O)c1. The van der Waals surface area contributed by atoms with Crippen LogP contribution in [0.15, 0.2) is 18.2 Å². The highest BCUT2D eigenvalue weighted by Crippen LogP contribution is 2.13. The van der Waals surface area contributed by atoms with E-state index in [1.54, 1.807) is 6.07 Å². The number of halogens is 1. The van der Waals surface area contributed by atoms with Crippen LogP contribution >= 0.6 is 0 Å². The van der Waals surface area contributed by atoms with Gasteiger partial charge in [-0.1, -0.05) is 25.8 Å². The lowest BCUT2D eigenvalue weighted by molar-refractivity contribution is -0.116. The number of aryl methyl sites for hydroxylation is 1. The molecule has 1 nitrogen and oxygen atoms in total. The first kappa shape index (κ1) is 12.9. The van der Waals surface area contributed by atoms with E-state index in [2.05, 4.69) is 6.92 Å². The summed E-state index contributed by atoms with van der Waals surface area (Å²) in [5, 5.41) is 0. The molecule has 1 rings (SSSR count). The lowest BCUT2D eigenvalue weighted by Gasteiger charge is -2.04. The highest BCUT2D eigenvalue weighted by atomic mass is 19.1. The number of hydrogen-bond acceptors (Lipinski definition) is 1. The van der Waals surface area contributed by atoms with Crippen molar-refractivity contribution in [3.63, 3.8) is 0 Å². The van der Waals surface area contributed by atoms with Crippen molar-refractivity contribution in [1.82, 2.24) is 0 Å². The van der Waals surface area contributed by atoms with Crippen molar-refractivity contribution in [3.8, 4) is 0 Å². The van der Waals surface area contributed by atoms with Crippen molar-refractivity contribution in [1.29, 1.82) is 0 Å². The van der Waals surface area contributed by atoms with Crippen molar-refractivity contribution in [2.75, 3.05) is 0 Å². The Hall–Kier alpha value is -1.18. The fourth-order valence-electron chi connectivity index (χ4n) is 1.83. The van der Waals surface area contributed by atoms with Crippen LogP contribution < -0.4 is 0 Å². The molecule has 2 heteroatoms. The number of benzene rings is 1. The zero-order valence-electron chi connectivity index (χ0n) is 10.1. The van der Waals surface area contributed by atoms with E-state index >= 15 is 0 Å². The summed E-state index contributed by atoms with van der Waals surface area (Å²) in [6.45, 7) is 3.68. The largest absolute Gasteiger partial charge is 0.300 e. The molecule has 0 aromatic heterocycles. The standard InChI is InChI=1S/C14H19FO/c1-3-4-5-6-12-8-13(7-11(2)16)10-14(15)9-12/h8-10H,3-7H2,1-2H3. The molecule has 0 fully saturated rings. The average molecular weight is 222 g/mol. The summed E-state index contributed by atoms with van der Waals surface area (Å²) in [6.07, 6.45) is 4.64. The summed E-state index contributed by atoms with van der Waals surface area (Å²) in [7, 11) is 0. The number of carbonyl (C=O) groups excluding carboxylic acids is 1. The molecule has 16 heavy (non-hydrogen) atoms. The average Bonchev–Trinajstić information content (AvgIpc) is 2.16. The van der Waals surface area contributed by atoms with Gasteiger partial charge < -0.3 is 0 Å². The molecule has 0 saturated heterocycles. The molecule has 0 aliphatic heterocycles. The van der Waals surface area contributed by atoms with E-state index in [0.29, 0.717) is 6.42 Å². The minimum atomic E-state index is -0.231. The fraction of sp³-hybridized carbons (Fsp3) is 0.500. The summed E-state index contributed by atoms with van der Waals surface area (Å²) in [6, 6.07) is 4.96. The van der Waals surface area contributed by atoms with Crippen molar-refractivity contribution < 1.29 is 9.18 Å². The maximum Gasteiger partial charge on any atom is 0.134 e. The number of hydrogen-bond donors (Lipinski definition) is 0. The first-order chi connectivity index (χ1) is 7.61. The van der Waals surface area contributed by atoms with Gasteiger partial charge in [0.1, 0.15) is 11.6 Å². The molecule has 0 bridgehead atoms. The third-order valence-electron chi connectivity index (χ3n) is 2.54. The van der Waals surface area contributed by atoms with Crippen molar-refractivity contribution in [3.05, 3.63) is 35.1 Å². The topological polar surface area (TPSA) is 17.1 Å². The summed E-state index contributed by atoms with van der Waals surface area (Å²) in [5.41, 5.74) is 1.80. The maximum atomic E-state index is 13.3. The first-order valence-electron chi connectivity index (χ1n) is 5.89. The van der Waals surface area contributed by atoms with E-state index in [1.807, 2.05) is 6.07 Å².